The van der Waals surface area contributed by atoms with Crippen molar-refractivity contribution in [2.45, 2.75) is 19.4 Å². The van der Waals surface area contributed by atoms with Crippen molar-refractivity contribution in [1.82, 2.24) is 10.6 Å². The van der Waals surface area contributed by atoms with Crippen molar-refractivity contribution >= 4 is 0 Å². The molecule has 1 atom stereocenters. The van der Waals surface area contributed by atoms with Crippen LogP contribution in [0.2, 0.25) is 0 Å². The second-order valence-corrected chi connectivity index (χ2v) is 4.61. The first-order valence-corrected chi connectivity index (χ1v) is 6.35. The minimum absolute atomic E-state index is 0.451. The summed E-state index contributed by atoms with van der Waals surface area (Å²) >= 11 is 0. The molecule has 1 unspecified atom stereocenters. The van der Waals surface area contributed by atoms with Crippen LogP contribution >= 0.6 is 0 Å². The quantitative estimate of drug-likeness (QED) is 0.814. The third kappa shape index (κ3) is 2.45. The van der Waals surface area contributed by atoms with Crippen LogP contribution in [0.25, 0.3) is 0 Å². The lowest BCUT2D eigenvalue weighted by Gasteiger charge is -2.35. The van der Waals surface area contributed by atoms with Crippen molar-refractivity contribution in [2.24, 2.45) is 5.92 Å². The molecule has 1 aliphatic rings. The summed E-state index contributed by atoms with van der Waals surface area (Å²) in [5.41, 5.74) is 2.66. The standard InChI is InChI=1S/C14H22N2O/c1-4-10-7-11(5-6-13(10)17-3)14(15-2)12-8-16-9-12/h5-7,12,14-16H,4,8-9H2,1-3H3. The number of nitrogens with one attached hydrogen (secondary N) is 2. The van der Waals surface area contributed by atoms with Crippen LogP contribution in [0.15, 0.2) is 18.2 Å². The molecule has 1 aromatic rings. The maximum atomic E-state index is 5.37. The lowest BCUT2D eigenvalue weighted by Crippen LogP contribution is -2.48. The zero-order chi connectivity index (χ0) is 12.3. The van der Waals surface area contributed by atoms with Gasteiger partial charge in [-0.25, -0.2) is 0 Å². The molecule has 94 valence electrons. The Labute approximate surface area is 104 Å². The molecule has 0 bridgehead atoms. The molecule has 17 heavy (non-hydrogen) atoms. The maximum absolute atomic E-state index is 5.37. The minimum Gasteiger partial charge on any atom is -0.496 e. The Balaban J connectivity index is 2.24. The van der Waals surface area contributed by atoms with Gasteiger partial charge in [0.05, 0.1) is 7.11 Å². The SMILES string of the molecule is CCc1cc(C(NC)C2CNC2)ccc1OC. The van der Waals surface area contributed by atoms with E-state index in [1.54, 1.807) is 7.11 Å². The van der Waals surface area contributed by atoms with Crippen LogP contribution in [0.5, 0.6) is 5.75 Å². The second kappa shape index (κ2) is 5.52. The molecule has 3 heteroatoms. The number of methoxy groups -OCH3 is 1. The zero-order valence-corrected chi connectivity index (χ0v) is 10.9. The Morgan fingerprint density at radius 3 is 2.71 bits per heavy atom. The lowest BCUT2D eigenvalue weighted by molar-refractivity contribution is 0.267. The Morgan fingerprint density at radius 1 is 1.47 bits per heavy atom. The fourth-order valence-electron chi connectivity index (χ4n) is 2.49. The molecule has 1 fully saturated rings. The highest BCUT2D eigenvalue weighted by molar-refractivity contribution is 5.38. The van der Waals surface area contributed by atoms with Crippen LogP contribution in [-0.4, -0.2) is 27.2 Å². The van der Waals surface area contributed by atoms with Gasteiger partial charge in [0, 0.05) is 25.0 Å². The van der Waals surface area contributed by atoms with Gasteiger partial charge in [-0.05, 0) is 30.7 Å². The summed E-state index contributed by atoms with van der Waals surface area (Å²) in [6.07, 6.45) is 1.01. The van der Waals surface area contributed by atoms with E-state index in [1.807, 2.05) is 7.05 Å². The van der Waals surface area contributed by atoms with E-state index in [-0.39, 0.29) is 0 Å². The molecular weight excluding hydrogens is 212 g/mol. The predicted octanol–water partition coefficient (Wildman–Crippen LogP) is 1.74. The van der Waals surface area contributed by atoms with E-state index in [9.17, 15) is 0 Å². The number of hydrogen-bond donors (Lipinski definition) is 2. The molecule has 0 radical (unpaired) electrons. The Bertz CT molecular complexity index is 374. The molecule has 1 saturated heterocycles. The third-order valence-corrected chi connectivity index (χ3v) is 3.64. The van der Waals surface area contributed by atoms with E-state index in [0.29, 0.717) is 12.0 Å². The first kappa shape index (κ1) is 12.4. The van der Waals surface area contributed by atoms with Crippen molar-refractivity contribution in [3.63, 3.8) is 0 Å². The number of benzene rings is 1. The van der Waals surface area contributed by atoms with E-state index in [1.165, 1.54) is 11.1 Å². The van der Waals surface area contributed by atoms with Gasteiger partial charge in [0.15, 0.2) is 0 Å². The molecular formula is C14H22N2O. The molecule has 2 rings (SSSR count). The third-order valence-electron chi connectivity index (χ3n) is 3.64. The van der Waals surface area contributed by atoms with Crippen LogP contribution in [-0.2, 0) is 6.42 Å². The van der Waals surface area contributed by atoms with Crippen LogP contribution < -0.4 is 15.4 Å². The van der Waals surface area contributed by atoms with Crippen LogP contribution in [0.3, 0.4) is 0 Å². The van der Waals surface area contributed by atoms with Crippen molar-refractivity contribution in [1.29, 1.82) is 0 Å². The van der Waals surface area contributed by atoms with Gasteiger partial charge in [-0.3, -0.25) is 0 Å². The van der Waals surface area contributed by atoms with E-state index in [4.69, 9.17) is 4.74 Å². The highest BCUT2D eigenvalue weighted by atomic mass is 16.5. The fraction of sp³-hybridized carbons (Fsp3) is 0.571. The zero-order valence-electron chi connectivity index (χ0n) is 10.9. The summed E-state index contributed by atoms with van der Waals surface area (Å²) in [6.45, 7) is 4.39. The molecule has 0 aromatic heterocycles. The summed E-state index contributed by atoms with van der Waals surface area (Å²) in [4.78, 5) is 0. The van der Waals surface area contributed by atoms with Gasteiger partial charge in [0.2, 0.25) is 0 Å². The lowest BCUT2D eigenvalue weighted by atomic mass is 9.87. The highest BCUT2D eigenvalue weighted by Crippen LogP contribution is 2.29. The van der Waals surface area contributed by atoms with E-state index in [0.717, 1.165) is 25.3 Å². The minimum atomic E-state index is 0.451. The van der Waals surface area contributed by atoms with Crippen molar-refractivity contribution < 1.29 is 4.74 Å². The highest BCUT2D eigenvalue weighted by Gasteiger charge is 2.27. The normalized spacial score (nSPS) is 17.6. The van der Waals surface area contributed by atoms with Gasteiger partial charge in [0.1, 0.15) is 5.75 Å². The van der Waals surface area contributed by atoms with Crippen LogP contribution in [0, 0.1) is 5.92 Å². The van der Waals surface area contributed by atoms with E-state index < -0.39 is 0 Å². The van der Waals surface area contributed by atoms with Gasteiger partial charge in [0.25, 0.3) is 0 Å². The second-order valence-electron chi connectivity index (χ2n) is 4.61. The summed E-state index contributed by atoms with van der Waals surface area (Å²) < 4.78 is 5.37. The first-order chi connectivity index (χ1) is 8.30. The summed E-state index contributed by atoms with van der Waals surface area (Å²) in [6, 6.07) is 6.99. The molecule has 2 N–H and O–H groups in total. The predicted molar refractivity (Wildman–Crippen MR) is 70.5 cm³/mol. The molecule has 1 heterocycles. The summed E-state index contributed by atoms with van der Waals surface area (Å²) in [7, 11) is 3.78. The molecule has 1 aliphatic heterocycles. The largest absolute Gasteiger partial charge is 0.496 e. The average molecular weight is 234 g/mol. The van der Waals surface area contributed by atoms with Crippen molar-refractivity contribution in [2.75, 3.05) is 27.2 Å². The molecule has 1 aromatic carbocycles. The van der Waals surface area contributed by atoms with Crippen LogP contribution in [0.1, 0.15) is 24.1 Å². The fourth-order valence-corrected chi connectivity index (χ4v) is 2.49. The molecule has 0 aliphatic carbocycles. The van der Waals surface area contributed by atoms with Gasteiger partial charge in [-0.1, -0.05) is 19.1 Å². The molecule has 3 nitrogen and oxygen atoms in total. The molecule has 0 spiro atoms. The first-order valence-electron chi connectivity index (χ1n) is 6.35. The number of hydrogen-bond acceptors (Lipinski definition) is 3. The smallest absolute Gasteiger partial charge is 0.122 e. The van der Waals surface area contributed by atoms with E-state index >= 15 is 0 Å². The topological polar surface area (TPSA) is 33.3 Å². The average Bonchev–Trinajstić information content (AvgIpc) is 2.32. The molecule has 0 amide bonds. The monoisotopic (exact) mass is 234 g/mol. The van der Waals surface area contributed by atoms with E-state index in [2.05, 4.69) is 35.8 Å². The van der Waals surface area contributed by atoms with Crippen LogP contribution in [0.4, 0.5) is 0 Å². The maximum Gasteiger partial charge on any atom is 0.122 e. The number of rotatable bonds is 5. The Hall–Kier alpha value is -1.06. The van der Waals surface area contributed by atoms with Crippen molar-refractivity contribution in [3.05, 3.63) is 29.3 Å². The molecule has 0 saturated carbocycles. The van der Waals surface area contributed by atoms with Gasteiger partial charge in [-0.15, -0.1) is 0 Å². The number of aryl methyl sites for hydroxylation is 1. The number of ether oxygens (including phenoxy) is 1. The van der Waals surface area contributed by atoms with Gasteiger partial charge >= 0.3 is 0 Å². The Morgan fingerprint density at radius 2 is 2.24 bits per heavy atom. The van der Waals surface area contributed by atoms with Gasteiger partial charge < -0.3 is 15.4 Å². The van der Waals surface area contributed by atoms with Crippen molar-refractivity contribution in [3.8, 4) is 5.75 Å². The summed E-state index contributed by atoms with van der Waals surface area (Å²) in [5.74, 6) is 1.70. The summed E-state index contributed by atoms with van der Waals surface area (Å²) in [5, 5.41) is 6.76. The van der Waals surface area contributed by atoms with Gasteiger partial charge in [-0.2, -0.15) is 0 Å². The Kier molecular flexibility index (Phi) is 4.02.